The summed E-state index contributed by atoms with van der Waals surface area (Å²) >= 11 is 0. The maximum atomic E-state index is 11.5. The predicted molar refractivity (Wildman–Crippen MR) is 75.5 cm³/mol. The molecule has 4 heteroatoms. The van der Waals surface area contributed by atoms with Gasteiger partial charge in [0, 0.05) is 6.54 Å². The molecule has 0 aliphatic rings. The molecule has 0 rings (SSSR count). The Labute approximate surface area is 112 Å². The molecule has 0 aliphatic carbocycles. The zero-order chi connectivity index (χ0) is 14.4. The number of carbonyl (C=O) groups is 1. The highest BCUT2D eigenvalue weighted by Crippen LogP contribution is 2.28. The fraction of sp³-hybridized carbons (Fsp3) is 0.929. The first-order valence-electron chi connectivity index (χ1n) is 6.79. The number of hydrogen-bond acceptors (Lipinski definition) is 3. The summed E-state index contributed by atoms with van der Waals surface area (Å²) in [6.45, 7) is 13.4. The molecular formula is C14H30N2O2. The van der Waals surface area contributed by atoms with Gasteiger partial charge in [-0.2, -0.15) is 0 Å². The molecule has 0 aromatic rings. The van der Waals surface area contributed by atoms with Crippen molar-refractivity contribution in [1.29, 1.82) is 0 Å². The van der Waals surface area contributed by atoms with Gasteiger partial charge >= 0.3 is 6.09 Å². The average molecular weight is 258 g/mol. The van der Waals surface area contributed by atoms with Gasteiger partial charge in [0.2, 0.25) is 0 Å². The van der Waals surface area contributed by atoms with Crippen LogP contribution in [0.25, 0.3) is 0 Å². The van der Waals surface area contributed by atoms with Crippen molar-refractivity contribution in [3.8, 4) is 0 Å². The molecule has 0 saturated heterocycles. The van der Waals surface area contributed by atoms with Gasteiger partial charge in [0.25, 0.3) is 0 Å². The molecule has 0 radical (unpaired) electrons. The van der Waals surface area contributed by atoms with Gasteiger partial charge in [-0.3, -0.25) is 0 Å². The van der Waals surface area contributed by atoms with Crippen LogP contribution in [0.15, 0.2) is 0 Å². The summed E-state index contributed by atoms with van der Waals surface area (Å²) in [6, 6.07) is 0. The topological polar surface area (TPSA) is 64.3 Å². The van der Waals surface area contributed by atoms with Gasteiger partial charge in [0.15, 0.2) is 0 Å². The summed E-state index contributed by atoms with van der Waals surface area (Å²) in [6.07, 6.45) is 1.72. The van der Waals surface area contributed by atoms with Crippen LogP contribution in [0.1, 0.15) is 54.4 Å². The summed E-state index contributed by atoms with van der Waals surface area (Å²) in [4.78, 5) is 11.5. The minimum atomic E-state index is -0.442. The van der Waals surface area contributed by atoms with E-state index in [2.05, 4.69) is 26.1 Å². The van der Waals surface area contributed by atoms with E-state index >= 15 is 0 Å². The third kappa shape index (κ3) is 7.54. The fourth-order valence-corrected chi connectivity index (χ4v) is 1.86. The van der Waals surface area contributed by atoms with Crippen LogP contribution in [-0.2, 0) is 4.74 Å². The third-order valence-electron chi connectivity index (χ3n) is 3.18. The van der Waals surface area contributed by atoms with E-state index in [1.807, 2.05) is 20.8 Å². The lowest BCUT2D eigenvalue weighted by atomic mass is 9.79. The van der Waals surface area contributed by atoms with E-state index < -0.39 is 5.60 Å². The quantitative estimate of drug-likeness (QED) is 0.770. The van der Waals surface area contributed by atoms with Crippen LogP contribution in [0.5, 0.6) is 0 Å². The van der Waals surface area contributed by atoms with E-state index in [0.717, 1.165) is 12.8 Å². The zero-order valence-corrected chi connectivity index (χ0v) is 12.8. The van der Waals surface area contributed by atoms with Crippen molar-refractivity contribution in [3.05, 3.63) is 0 Å². The molecule has 4 nitrogen and oxygen atoms in total. The Morgan fingerprint density at radius 3 is 2.28 bits per heavy atom. The number of alkyl carbamates (subject to hydrolysis) is 1. The van der Waals surface area contributed by atoms with Crippen molar-refractivity contribution < 1.29 is 9.53 Å². The molecule has 2 atom stereocenters. The Morgan fingerprint density at radius 1 is 1.33 bits per heavy atom. The van der Waals surface area contributed by atoms with Gasteiger partial charge in [0.05, 0.1) is 0 Å². The van der Waals surface area contributed by atoms with Gasteiger partial charge in [-0.15, -0.1) is 0 Å². The Morgan fingerprint density at radius 2 is 1.89 bits per heavy atom. The maximum Gasteiger partial charge on any atom is 0.407 e. The Bertz CT molecular complexity index is 255. The molecule has 3 N–H and O–H groups in total. The molecule has 0 aliphatic heterocycles. The number of rotatable bonds is 6. The smallest absolute Gasteiger partial charge is 0.407 e. The summed E-state index contributed by atoms with van der Waals surface area (Å²) in [5.74, 6) is 0.394. The van der Waals surface area contributed by atoms with Crippen LogP contribution in [0.3, 0.4) is 0 Å². The molecule has 0 fully saturated rings. The first kappa shape index (κ1) is 17.2. The molecule has 18 heavy (non-hydrogen) atoms. The minimum absolute atomic E-state index is 0.162. The summed E-state index contributed by atoms with van der Waals surface area (Å²) < 4.78 is 5.20. The van der Waals surface area contributed by atoms with E-state index in [4.69, 9.17) is 10.5 Å². The number of nitrogens with one attached hydrogen (secondary N) is 1. The second kappa shape index (κ2) is 6.98. The highest BCUT2D eigenvalue weighted by molar-refractivity contribution is 5.67. The number of hydrogen-bond donors (Lipinski definition) is 2. The van der Waals surface area contributed by atoms with Crippen molar-refractivity contribution in [2.45, 2.75) is 60.0 Å². The Hall–Kier alpha value is -0.770. The van der Waals surface area contributed by atoms with Crippen molar-refractivity contribution in [2.24, 2.45) is 17.1 Å². The molecule has 0 bridgehead atoms. The van der Waals surface area contributed by atoms with Gasteiger partial charge in [0.1, 0.15) is 5.60 Å². The number of carbonyl (C=O) groups excluding carboxylic acids is 1. The second-order valence-electron chi connectivity index (χ2n) is 6.56. The van der Waals surface area contributed by atoms with Crippen LogP contribution in [-0.4, -0.2) is 24.8 Å². The molecule has 1 amide bonds. The normalized spacial score (nSPS) is 16.8. The lowest BCUT2D eigenvalue weighted by molar-refractivity contribution is 0.0515. The first-order chi connectivity index (χ1) is 8.12. The number of ether oxygens (including phenoxy) is 1. The summed E-state index contributed by atoms with van der Waals surface area (Å²) in [7, 11) is 0. The highest BCUT2D eigenvalue weighted by Gasteiger charge is 2.23. The molecule has 108 valence electrons. The van der Waals surface area contributed by atoms with E-state index in [1.165, 1.54) is 0 Å². The van der Waals surface area contributed by atoms with E-state index in [9.17, 15) is 4.79 Å². The molecule has 0 saturated carbocycles. The van der Waals surface area contributed by atoms with Gasteiger partial charge in [-0.1, -0.05) is 20.8 Å². The van der Waals surface area contributed by atoms with Gasteiger partial charge in [-0.05, 0) is 51.5 Å². The van der Waals surface area contributed by atoms with Crippen LogP contribution < -0.4 is 11.1 Å². The van der Waals surface area contributed by atoms with E-state index in [0.29, 0.717) is 19.0 Å². The maximum absolute atomic E-state index is 11.5. The standard InChI is InChI=1S/C14H30N2O2/c1-7-14(6,10-15)8-11(2)9-16-12(17)18-13(3,4)5/h11H,7-10,15H2,1-6H3,(H,16,17). The van der Waals surface area contributed by atoms with Crippen molar-refractivity contribution >= 4 is 6.09 Å². The largest absolute Gasteiger partial charge is 0.444 e. The zero-order valence-electron chi connectivity index (χ0n) is 12.8. The molecule has 2 unspecified atom stereocenters. The molecular weight excluding hydrogens is 228 g/mol. The van der Waals surface area contributed by atoms with E-state index in [-0.39, 0.29) is 11.5 Å². The molecule has 0 aromatic carbocycles. The van der Waals surface area contributed by atoms with Crippen LogP contribution in [0, 0.1) is 11.3 Å². The first-order valence-corrected chi connectivity index (χ1v) is 6.79. The van der Waals surface area contributed by atoms with Crippen LogP contribution in [0.2, 0.25) is 0 Å². The predicted octanol–water partition coefficient (Wildman–Crippen LogP) is 2.91. The number of amides is 1. The summed E-state index contributed by atoms with van der Waals surface area (Å²) in [5, 5.41) is 2.81. The Balaban J connectivity index is 4.04. The SMILES string of the molecule is CCC(C)(CN)CC(C)CNC(=O)OC(C)(C)C. The lowest BCUT2D eigenvalue weighted by Crippen LogP contribution is -2.37. The van der Waals surface area contributed by atoms with E-state index in [1.54, 1.807) is 0 Å². The van der Waals surface area contributed by atoms with Crippen molar-refractivity contribution in [3.63, 3.8) is 0 Å². The van der Waals surface area contributed by atoms with Gasteiger partial charge < -0.3 is 15.8 Å². The molecule has 0 heterocycles. The van der Waals surface area contributed by atoms with Crippen molar-refractivity contribution in [1.82, 2.24) is 5.32 Å². The lowest BCUT2D eigenvalue weighted by Gasteiger charge is -2.30. The highest BCUT2D eigenvalue weighted by atomic mass is 16.6. The second-order valence-corrected chi connectivity index (χ2v) is 6.56. The minimum Gasteiger partial charge on any atom is -0.444 e. The van der Waals surface area contributed by atoms with Crippen molar-refractivity contribution in [2.75, 3.05) is 13.1 Å². The molecule has 0 spiro atoms. The monoisotopic (exact) mass is 258 g/mol. The summed E-state index contributed by atoms with van der Waals surface area (Å²) in [5.41, 5.74) is 5.51. The third-order valence-corrected chi connectivity index (χ3v) is 3.18. The van der Waals surface area contributed by atoms with Gasteiger partial charge in [-0.25, -0.2) is 4.79 Å². The molecule has 0 aromatic heterocycles. The van der Waals surface area contributed by atoms with Crippen LogP contribution in [0.4, 0.5) is 4.79 Å². The van der Waals surface area contributed by atoms with Crippen LogP contribution >= 0.6 is 0 Å². The Kier molecular flexibility index (Phi) is 6.68. The fourth-order valence-electron chi connectivity index (χ4n) is 1.86. The average Bonchev–Trinajstić information content (AvgIpc) is 2.24. The number of nitrogens with two attached hydrogens (primary N) is 1.